The van der Waals surface area contributed by atoms with Crippen LogP contribution in [0.2, 0.25) is 0 Å². The van der Waals surface area contributed by atoms with E-state index in [9.17, 15) is 48.3 Å². The fraction of sp³-hybridized carbons (Fsp3) is 0.794. The Morgan fingerprint density at radius 2 is 0.851 bits per heavy atom. The maximum absolute atomic E-state index is 15.2. The van der Waals surface area contributed by atoms with Crippen LogP contribution in [0, 0.1) is 41.4 Å². The zero-order valence-corrected chi connectivity index (χ0v) is 58.2. The molecule has 0 aromatic heterocycles. The number of rotatable bonds is 16. The van der Waals surface area contributed by atoms with E-state index in [1.807, 2.05) is 61.5 Å². The molecule has 0 aromatic carbocycles. The summed E-state index contributed by atoms with van der Waals surface area (Å²) in [6.45, 7) is 29.9. The van der Waals surface area contributed by atoms with Crippen molar-refractivity contribution in [1.29, 1.82) is 0 Å². The maximum Gasteiger partial charge on any atom is 0.256 e. The molecule has 87 heavy (non-hydrogen) atoms. The zero-order chi connectivity index (χ0) is 67.6. The minimum atomic E-state index is -1.62. The predicted molar refractivity (Wildman–Crippen MR) is 341 cm³/mol. The van der Waals surface area contributed by atoms with Crippen LogP contribution in [-0.4, -0.2) is 232 Å². The summed E-state index contributed by atoms with van der Waals surface area (Å²) in [5, 5.41) is 22.0. The molecule has 1 heterocycles. The first-order valence-corrected chi connectivity index (χ1v) is 32.4. The van der Waals surface area contributed by atoms with Crippen LogP contribution in [0.3, 0.4) is 0 Å². The van der Waals surface area contributed by atoms with E-state index < -0.39 is 155 Å². The van der Waals surface area contributed by atoms with Crippen molar-refractivity contribution in [3.05, 3.63) is 12.2 Å². The van der Waals surface area contributed by atoms with Gasteiger partial charge in [0.05, 0.1) is 6.10 Å². The number of nitrogens with one attached hydrogen (secondary N) is 4. The Morgan fingerprint density at radius 1 is 0.448 bits per heavy atom. The molecule has 0 spiro atoms. The van der Waals surface area contributed by atoms with Crippen molar-refractivity contribution in [1.82, 2.24) is 55.6 Å². The molecule has 3 unspecified atom stereocenters. The van der Waals surface area contributed by atoms with Crippen molar-refractivity contribution in [2.45, 2.75) is 228 Å². The lowest BCUT2D eigenvalue weighted by Gasteiger charge is -2.41. The van der Waals surface area contributed by atoms with Crippen LogP contribution in [0.25, 0.3) is 0 Å². The number of amides is 11. The van der Waals surface area contributed by atoms with Crippen molar-refractivity contribution < 1.29 is 57.8 Å². The topological polar surface area (TPSA) is 279 Å². The second kappa shape index (κ2) is 36.0. The molecule has 1 aliphatic rings. The van der Waals surface area contributed by atoms with Gasteiger partial charge in [0.15, 0.2) is 5.37 Å². The molecule has 1 rings (SSSR count). The Hall–Kier alpha value is -5.78. The van der Waals surface area contributed by atoms with E-state index in [2.05, 4.69) is 21.3 Å². The van der Waals surface area contributed by atoms with Crippen molar-refractivity contribution >= 4 is 76.7 Å². The normalized spacial score (nSPS) is 27.4. The number of likely N-dealkylation sites (N-methyl/N-ethyl adjacent to an activating group) is 7. The molecule has 24 heteroatoms. The molecular formula is C63H113N11O12S. The molecule has 1 saturated heterocycles. The highest BCUT2D eigenvalue weighted by Crippen LogP contribution is 2.27. The Balaban J connectivity index is 4.41. The van der Waals surface area contributed by atoms with Crippen molar-refractivity contribution in [2.24, 2.45) is 41.4 Å². The number of carbonyl (C=O) groups excluding carboxylic acids is 11. The number of hydrogen-bond donors (Lipinski definition) is 5. The second-order valence-corrected chi connectivity index (χ2v) is 27.3. The van der Waals surface area contributed by atoms with Crippen LogP contribution in [0.4, 0.5) is 0 Å². The highest BCUT2D eigenvalue weighted by molar-refractivity contribution is 7.99. The van der Waals surface area contributed by atoms with Crippen molar-refractivity contribution in [2.75, 3.05) is 55.6 Å². The van der Waals surface area contributed by atoms with E-state index in [1.165, 1.54) is 92.6 Å². The van der Waals surface area contributed by atoms with Crippen molar-refractivity contribution in [3.63, 3.8) is 0 Å². The molecular weight excluding hydrogens is 1130 g/mol. The number of hydrogen-bond acceptors (Lipinski definition) is 13. The van der Waals surface area contributed by atoms with Gasteiger partial charge in [0, 0.05) is 49.3 Å². The smallest absolute Gasteiger partial charge is 0.256 e. The number of nitrogens with zero attached hydrogens (tertiary/aromatic N) is 7. The van der Waals surface area contributed by atoms with Gasteiger partial charge in [-0.2, -0.15) is 0 Å². The minimum absolute atomic E-state index is 0.0101. The van der Waals surface area contributed by atoms with Gasteiger partial charge in [0.25, 0.3) is 5.91 Å². The predicted octanol–water partition coefficient (Wildman–Crippen LogP) is 3.96. The average Bonchev–Trinajstić information content (AvgIpc) is 1.23. The highest BCUT2D eigenvalue weighted by atomic mass is 32.2. The Labute approximate surface area is 525 Å². The molecule has 498 valence electrons. The zero-order valence-electron chi connectivity index (χ0n) is 57.3. The molecule has 23 nitrogen and oxygen atoms in total. The van der Waals surface area contributed by atoms with Crippen LogP contribution in [-0.2, 0) is 52.7 Å². The molecule has 0 aromatic rings. The third kappa shape index (κ3) is 21.8. The quantitative estimate of drug-likeness (QED) is 0.137. The van der Waals surface area contributed by atoms with Crippen molar-refractivity contribution in [3.8, 4) is 0 Å². The van der Waals surface area contributed by atoms with E-state index in [-0.39, 0.29) is 55.8 Å². The molecule has 13 atom stereocenters. The molecule has 0 bridgehead atoms. The van der Waals surface area contributed by atoms with Crippen LogP contribution in [0.1, 0.15) is 156 Å². The summed E-state index contributed by atoms with van der Waals surface area (Å²) < 4.78 is 0. The van der Waals surface area contributed by atoms with Crippen LogP contribution in [0.15, 0.2) is 12.2 Å². The molecule has 1 aliphatic heterocycles. The Kier molecular flexibility index (Phi) is 32.8. The van der Waals surface area contributed by atoms with Gasteiger partial charge in [-0.15, -0.1) is 11.8 Å². The number of thioether (sulfide) groups is 1. The van der Waals surface area contributed by atoms with Gasteiger partial charge < -0.3 is 60.7 Å². The van der Waals surface area contributed by atoms with Gasteiger partial charge in [-0.05, 0) is 107 Å². The van der Waals surface area contributed by atoms with E-state index in [0.717, 1.165) is 16.7 Å². The lowest BCUT2D eigenvalue weighted by atomic mass is 9.91. The fourth-order valence-electron chi connectivity index (χ4n) is 11.0. The highest BCUT2D eigenvalue weighted by Gasteiger charge is 2.46. The average molecular weight is 1250 g/mol. The van der Waals surface area contributed by atoms with E-state index in [0.29, 0.717) is 6.42 Å². The lowest BCUT2D eigenvalue weighted by Crippen LogP contribution is -2.64. The number of carbonyl (C=O) groups is 11. The van der Waals surface area contributed by atoms with Crippen LogP contribution >= 0.6 is 11.8 Å². The van der Waals surface area contributed by atoms with Gasteiger partial charge >= 0.3 is 0 Å². The second-order valence-electron chi connectivity index (χ2n) is 26.4. The first-order valence-electron chi connectivity index (χ1n) is 31.1. The number of aliphatic hydroxyl groups is 1. The third-order valence-corrected chi connectivity index (χ3v) is 17.4. The largest absolute Gasteiger partial charge is 0.390 e. The van der Waals surface area contributed by atoms with Crippen LogP contribution in [0.5, 0.6) is 0 Å². The third-order valence-electron chi connectivity index (χ3n) is 16.4. The molecule has 11 amide bonds. The monoisotopic (exact) mass is 1250 g/mol. The molecule has 5 N–H and O–H groups in total. The summed E-state index contributed by atoms with van der Waals surface area (Å²) in [5.41, 5.74) is 0. The lowest BCUT2D eigenvalue weighted by molar-refractivity contribution is -0.157. The van der Waals surface area contributed by atoms with Gasteiger partial charge in [-0.1, -0.05) is 109 Å². The van der Waals surface area contributed by atoms with E-state index >= 15 is 9.59 Å². The molecule has 0 saturated carbocycles. The number of allylic oxidation sites excluding steroid dienone is 2. The van der Waals surface area contributed by atoms with E-state index in [4.69, 9.17) is 0 Å². The molecule has 1 fully saturated rings. The van der Waals surface area contributed by atoms with E-state index in [1.54, 1.807) is 60.8 Å². The molecule has 0 aliphatic carbocycles. The SMILES string of the molecule is C/C=C/C[C@@H](C)[C@@H](O)C1C(=O)N[C@@H](CC)C(=O)N(C)C(SC)C(=O)N(C)[C@@H](CC(C)C)C(=O)N[C@@H](C(C)C)C(=O)N(C)C(CC(C)C)C(=O)N[C@@H](C)C(=O)N[C@H](C)C(=O)N(C)[C@H](CC(C)C)C(=O)N(C)[C@@H](CC(C)C)C(=O)N(C)[C@H](C(C)C)C(=O)N1C. The first-order chi connectivity index (χ1) is 40.2. The molecule has 0 radical (unpaired) electrons. The van der Waals surface area contributed by atoms with Gasteiger partial charge in [0.1, 0.15) is 60.4 Å². The minimum Gasteiger partial charge on any atom is -0.390 e. The summed E-state index contributed by atoms with van der Waals surface area (Å²) in [7, 11) is 9.97. The summed E-state index contributed by atoms with van der Waals surface area (Å²) in [4.78, 5) is 170. The summed E-state index contributed by atoms with van der Waals surface area (Å²) in [6.07, 6.45) is 4.61. The van der Waals surface area contributed by atoms with Gasteiger partial charge in [-0.3, -0.25) is 52.7 Å². The Morgan fingerprint density at radius 3 is 1.28 bits per heavy atom. The van der Waals surface area contributed by atoms with Gasteiger partial charge in [0.2, 0.25) is 59.1 Å². The number of aliphatic hydroxyl groups excluding tert-OH is 1. The summed E-state index contributed by atoms with van der Waals surface area (Å²) >= 11 is 1.02. The summed E-state index contributed by atoms with van der Waals surface area (Å²) in [6, 6.07) is -12.4. The Bertz CT molecular complexity index is 2390. The fourth-order valence-corrected chi connectivity index (χ4v) is 11.8. The maximum atomic E-state index is 15.2. The van der Waals surface area contributed by atoms with Gasteiger partial charge in [-0.25, -0.2) is 0 Å². The first kappa shape index (κ1) is 79.2. The van der Waals surface area contributed by atoms with Crippen LogP contribution < -0.4 is 21.3 Å². The summed E-state index contributed by atoms with van der Waals surface area (Å²) in [5.74, 6) is -9.78. The standard InChI is InChI=1S/C63H113N11O12S/c1-26-28-29-40(15)51(75)50-55(79)66-43(27-2)57(81)74(24)63(87-25)62(86)69(19)45(31-35(5)6)54(78)67-48(38(11)12)60(84)68(18)44(30-34(3)4)53(77)64-41(16)52(76)65-42(17)56(80)70(20)46(32-36(7)8)58(82)71(21)47(33-37(9)10)59(83)72(22)49(39(13)14)61(85)73(50)23/h26,28,34-51,63,75H,27,29-33H2,1-25H3,(H,64,77)(H,65,76)(H,66,79)(H,67,78)/b28-26+/t40-,41+,42-,43+,44?,45+,46-,47+,48+,49-,50?,51-,63?/m1/s1.